The number of carbonyl (C=O) groups excluding carboxylic acids is 2. The van der Waals surface area contributed by atoms with Crippen LogP contribution < -0.4 is 4.90 Å². The van der Waals surface area contributed by atoms with Crippen LogP contribution in [0, 0.1) is 29.2 Å². The van der Waals surface area contributed by atoms with Gasteiger partial charge in [-0.25, -0.2) is 17.6 Å². The van der Waals surface area contributed by atoms with Crippen molar-refractivity contribution in [3.8, 4) is 0 Å². The van der Waals surface area contributed by atoms with Crippen molar-refractivity contribution in [3.05, 3.63) is 64.7 Å². The number of hydrogen-bond donors (Lipinski definition) is 0. The summed E-state index contributed by atoms with van der Waals surface area (Å²) in [5.41, 5.74) is 0.383. The lowest BCUT2D eigenvalue weighted by molar-refractivity contribution is -0.123. The van der Waals surface area contributed by atoms with Gasteiger partial charge in [0.25, 0.3) is 5.91 Å². The van der Waals surface area contributed by atoms with Crippen LogP contribution in [0.5, 0.6) is 0 Å². The monoisotopic (exact) mass is 406 g/mol. The minimum absolute atomic E-state index is 0.212. The fourth-order valence-electron chi connectivity index (χ4n) is 4.03. The van der Waals surface area contributed by atoms with Crippen LogP contribution in [0.2, 0.25) is 0 Å². The molecule has 0 saturated carbocycles. The number of halogens is 4. The van der Waals surface area contributed by atoms with Gasteiger partial charge in [-0.1, -0.05) is 0 Å². The molecule has 0 N–H and O–H groups in total. The van der Waals surface area contributed by atoms with E-state index in [-0.39, 0.29) is 36.8 Å². The van der Waals surface area contributed by atoms with Gasteiger partial charge in [0, 0.05) is 43.2 Å². The summed E-state index contributed by atoms with van der Waals surface area (Å²) in [4.78, 5) is 28.2. The summed E-state index contributed by atoms with van der Waals surface area (Å²) >= 11 is 0. The standard InChI is InChI=1S/C21H18F4N2O2/c22-13-1-2-16(18(25)9-13)21(29)26-6-3-12(4-7-26)20(28)27-8-5-15-17(24)10-14(23)11-19(15)27/h1-2,9-12H,3-8H2. The van der Waals surface area contributed by atoms with Crippen LogP contribution in [0.25, 0.3) is 0 Å². The number of piperidine rings is 1. The summed E-state index contributed by atoms with van der Waals surface area (Å²) < 4.78 is 54.4. The van der Waals surface area contributed by atoms with E-state index in [4.69, 9.17) is 0 Å². The van der Waals surface area contributed by atoms with E-state index in [1.54, 1.807) is 0 Å². The second-order valence-electron chi connectivity index (χ2n) is 7.32. The topological polar surface area (TPSA) is 40.6 Å². The van der Waals surface area contributed by atoms with Gasteiger partial charge in [-0.2, -0.15) is 0 Å². The molecule has 0 aromatic heterocycles. The molecule has 2 heterocycles. The van der Waals surface area contributed by atoms with E-state index in [9.17, 15) is 27.2 Å². The van der Waals surface area contributed by atoms with Crippen molar-refractivity contribution in [2.45, 2.75) is 19.3 Å². The first-order valence-corrected chi connectivity index (χ1v) is 9.39. The largest absolute Gasteiger partial charge is 0.339 e. The van der Waals surface area contributed by atoms with Crippen molar-refractivity contribution in [2.75, 3.05) is 24.5 Å². The third-order valence-corrected chi connectivity index (χ3v) is 5.57. The minimum atomic E-state index is -0.925. The van der Waals surface area contributed by atoms with Crippen molar-refractivity contribution < 1.29 is 27.2 Å². The first-order chi connectivity index (χ1) is 13.8. The summed E-state index contributed by atoms with van der Waals surface area (Å²) in [7, 11) is 0. The molecule has 2 aromatic carbocycles. The van der Waals surface area contributed by atoms with Crippen molar-refractivity contribution in [1.29, 1.82) is 0 Å². The predicted octanol–water partition coefficient (Wildman–Crippen LogP) is 3.68. The highest BCUT2D eigenvalue weighted by Gasteiger charge is 2.35. The molecule has 2 aliphatic rings. The lowest BCUT2D eigenvalue weighted by atomic mass is 9.94. The van der Waals surface area contributed by atoms with Gasteiger partial charge in [-0.15, -0.1) is 0 Å². The molecule has 1 fully saturated rings. The van der Waals surface area contributed by atoms with Gasteiger partial charge in [0.2, 0.25) is 5.91 Å². The lowest BCUT2D eigenvalue weighted by Gasteiger charge is -2.33. The van der Waals surface area contributed by atoms with Crippen LogP contribution >= 0.6 is 0 Å². The van der Waals surface area contributed by atoms with Crippen LogP contribution in [0.1, 0.15) is 28.8 Å². The van der Waals surface area contributed by atoms with Crippen molar-refractivity contribution in [2.24, 2.45) is 5.92 Å². The zero-order valence-corrected chi connectivity index (χ0v) is 15.4. The van der Waals surface area contributed by atoms with Crippen LogP contribution in [-0.4, -0.2) is 36.3 Å². The fraction of sp³-hybridized carbons (Fsp3) is 0.333. The van der Waals surface area contributed by atoms with Crippen LogP contribution in [0.4, 0.5) is 23.2 Å². The molecule has 2 aromatic rings. The number of rotatable bonds is 2. The summed E-state index contributed by atoms with van der Waals surface area (Å²) in [6.07, 6.45) is 1.04. The summed E-state index contributed by atoms with van der Waals surface area (Å²) in [5.74, 6) is -4.25. The van der Waals surface area contributed by atoms with Gasteiger partial charge in [-0.05, 0) is 37.5 Å². The zero-order valence-electron chi connectivity index (χ0n) is 15.4. The molecule has 0 unspecified atom stereocenters. The maximum absolute atomic E-state index is 13.9. The van der Waals surface area contributed by atoms with Gasteiger partial charge >= 0.3 is 0 Å². The Morgan fingerprint density at radius 1 is 0.862 bits per heavy atom. The van der Waals surface area contributed by atoms with Crippen LogP contribution in [0.3, 0.4) is 0 Å². The Balaban J connectivity index is 1.43. The highest BCUT2D eigenvalue weighted by molar-refractivity contribution is 5.98. The van der Waals surface area contributed by atoms with Crippen LogP contribution in [0.15, 0.2) is 30.3 Å². The second kappa shape index (κ2) is 7.50. The zero-order chi connectivity index (χ0) is 20.7. The number of hydrogen-bond acceptors (Lipinski definition) is 2. The van der Waals surface area contributed by atoms with Gasteiger partial charge in [-0.3, -0.25) is 9.59 Å². The summed E-state index contributed by atoms with van der Waals surface area (Å²) in [6, 6.07) is 4.77. The first kappa shape index (κ1) is 19.4. The molecule has 0 spiro atoms. The van der Waals surface area contributed by atoms with E-state index in [1.165, 1.54) is 15.9 Å². The maximum Gasteiger partial charge on any atom is 0.256 e. The Bertz CT molecular complexity index is 987. The molecule has 8 heteroatoms. The Hall–Kier alpha value is -2.90. The third-order valence-electron chi connectivity index (χ3n) is 5.57. The number of likely N-dealkylation sites (tertiary alicyclic amines) is 1. The molecule has 4 nitrogen and oxygen atoms in total. The quantitative estimate of drug-likeness (QED) is 0.714. The number of anilines is 1. The summed E-state index contributed by atoms with van der Waals surface area (Å²) in [5, 5.41) is 0. The van der Waals surface area contributed by atoms with Crippen molar-refractivity contribution >= 4 is 17.5 Å². The van der Waals surface area contributed by atoms with E-state index in [0.29, 0.717) is 30.9 Å². The number of fused-ring (bicyclic) bond motifs is 1. The van der Waals surface area contributed by atoms with E-state index in [1.807, 2.05) is 0 Å². The Morgan fingerprint density at radius 3 is 2.24 bits per heavy atom. The highest BCUT2D eigenvalue weighted by Crippen LogP contribution is 2.34. The Labute approximate surface area is 164 Å². The van der Waals surface area contributed by atoms with Gasteiger partial charge in [0.1, 0.15) is 23.3 Å². The molecule has 29 heavy (non-hydrogen) atoms. The van der Waals surface area contributed by atoms with Gasteiger partial charge < -0.3 is 9.80 Å². The number of carbonyl (C=O) groups is 2. The van der Waals surface area contributed by atoms with E-state index >= 15 is 0 Å². The number of nitrogens with zero attached hydrogens (tertiary/aromatic N) is 2. The molecular weight excluding hydrogens is 388 g/mol. The fourth-order valence-corrected chi connectivity index (χ4v) is 4.03. The average molecular weight is 406 g/mol. The van der Waals surface area contributed by atoms with Crippen LogP contribution in [-0.2, 0) is 11.2 Å². The lowest BCUT2D eigenvalue weighted by Crippen LogP contribution is -2.44. The molecule has 0 bridgehead atoms. The molecule has 4 rings (SSSR count). The smallest absolute Gasteiger partial charge is 0.256 e. The SMILES string of the molecule is O=C(c1ccc(F)cc1F)N1CCC(C(=O)N2CCc3c(F)cc(F)cc32)CC1. The van der Waals surface area contributed by atoms with E-state index in [0.717, 1.165) is 18.2 Å². The van der Waals surface area contributed by atoms with Crippen molar-refractivity contribution in [3.63, 3.8) is 0 Å². The first-order valence-electron chi connectivity index (χ1n) is 9.39. The molecular formula is C21H18F4N2O2. The van der Waals surface area contributed by atoms with Gasteiger partial charge in [0.15, 0.2) is 0 Å². The maximum atomic E-state index is 13.9. The normalized spacial score (nSPS) is 16.8. The molecule has 0 aliphatic carbocycles. The van der Waals surface area contributed by atoms with E-state index in [2.05, 4.69) is 0 Å². The van der Waals surface area contributed by atoms with Gasteiger partial charge in [0.05, 0.1) is 11.3 Å². The number of amides is 2. The summed E-state index contributed by atoms with van der Waals surface area (Å²) in [6.45, 7) is 0.767. The average Bonchev–Trinajstić information content (AvgIpc) is 3.11. The molecule has 2 aliphatic heterocycles. The Kier molecular flexibility index (Phi) is 5.02. The minimum Gasteiger partial charge on any atom is -0.339 e. The molecule has 2 amide bonds. The molecule has 0 radical (unpaired) electrons. The predicted molar refractivity (Wildman–Crippen MR) is 97.4 cm³/mol. The molecule has 152 valence electrons. The van der Waals surface area contributed by atoms with Crippen molar-refractivity contribution in [1.82, 2.24) is 4.90 Å². The third kappa shape index (κ3) is 3.59. The Morgan fingerprint density at radius 2 is 1.55 bits per heavy atom. The highest BCUT2D eigenvalue weighted by atomic mass is 19.1. The second-order valence-corrected chi connectivity index (χ2v) is 7.32. The number of benzene rings is 2. The molecule has 1 saturated heterocycles. The van der Waals surface area contributed by atoms with E-state index < -0.39 is 35.1 Å². The molecule has 0 atom stereocenters.